The zero-order valence-electron chi connectivity index (χ0n) is 20.3. The van der Waals surface area contributed by atoms with Crippen LogP contribution in [-0.4, -0.2) is 58.6 Å². The molecule has 2 heterocycles. The molecule has 0 spiro atoms. The summed E-state index contributed by atoms with van der Waals surface area (Å²) in [5.74, 6) is -0.730. The van der Waals surface area contributed by atoms with Gasteiger partial charge in [0.15, 0.2) is 5.34 Å². The molecule has 0 aromatic carbocycles. The number of aryl methyl sites for hydroxylation is 1. The van der Waals surface area contributed by atoms with Gasteiger partial charge in [0.1, 0.15) is 18.3 Å². The van der Waals surface area contributed by atoms with E-state index in [1.807, 2.05) is 0 Å². The first-order valence-electron chi connectivity index (χ1n) is 11.1. The summed E-state index contributed by atoms with van der Waals surface area (Å²) in [7, 11) is -1.77. The molecule has 11 nitrogen and oxygen atoms in total. The molecule has 12 heteroatoms. The maximum Gasteiger partial charge on any atom is 0.359 e. The van der Waals surface area contributed by atoms with Gasteiger partial charge in [0, 0.05) is 26.2 Å². The molecule has 1 aliphatic heterocycles. The van der Waals surface area contributed by atoms with Crippen LogP contribution < -0.4 is 11.2 Å². The Bertz CT molecular complexity index is 1020. The van der Waals surface area contributed by atoms with Crippen LogP contribution in [0.3, 0.4) is 0 Å². The van der Waals surface area contributed by atoms with Gasteiger partial charge in [0.2, 0.25) is 0 Å². The normalized spacial score (nSPS) is 28.3. The Balaban J connectivity index is 2.41. The number of aliphatic hydroxyl groups excluding tert-OH is 2. The van der Waals surface area contributed by atoms with Crippen LogP contribution in [0.15, 0.2) is 15.8 Å². The summed E-state index contributed by atoms with van der Waals surface area (Å²) < 4.78 is 26.7. The fourth-order valence-corrected chi connectivity index (χ4v) is 6.07. The maximum atomic E-state index is 13.0. The van der Waals surface area contributed by atoms with Gasteiger partial charge < -0.3 is 29.5 Å². The van der Waals surface area contributed by atoms with Gasteiger partial charge in [-0.1, -0.05) is 27.7 Å². The van der Waals surface area contributed by atoms with Gasteiger partial charge in [-0.15, -0.1) is 0 Å². The molecule has 1 saturated heterocycles. The highest BCUT2D eigenvalue weighted by atomic mass is 31.2. The summed E-state index contributed by atoms with van der Waals surface area (Å²) in [6, 6.07) is 0. The highest BCUT2D eigenvalue weighted by molar-refractivity contribution is 7.54. The van der Waals surface area contributed by atoms with Crippen LogP contribution in [0, 0.1) is 5.92 Å². The third-order valence-corrected chi connectivity index (χ3v) is 9.58. The van der Waals surface area contributed by atoms with E-state index in [0.717, 1.165) is 4.57 Å². The molecule has 1 aliphatic rings. The summed E-state index contributed by atoms with van der Waals surface area (Å²) in [5, 5.41) is 30.2. The van der Waals surface area contributed by atoms with E-state index in [0.29, 0.717) is 0 Å². The van der Waals surface area contributed by atoms with Crippen LogP contribution in [0.25, 0.3) is 0 Å². The van der Waals surface area contributed by atoms with Crippen molar-refractivity contribution in [3.05, 3.63) is 32.6 Å². The fourth-order valence-electron chi connectivity index (χ4n) is 4.24. The van der Waals surface area contributed by atoms with Crippen molar-refractivity contribution >= 4 is 7.60 Å². The van der Waals surface area contributed by atoms with Crippen LogP contribution in [-0.2, 0) is 27.9 Å². The number of nitrogens with zero attached hydrogens (tertiary/aromatic N) is 2. The quantitative estimate of drug-likeness (QED) is 0.365. The van der Waals surface area contributed by atoms with E-state index in [4.69, 9.17) is 9.26 Å². The third-order valence-electron chi connectivity index (χ3n) is 7.23. The average molecular weight is 493 g/mol. The molecule has 0 amide bonds. The van der Waals surface area contributed by atoms with Crippen molar-refractivity contribution in [2.45, 2.75) is 89.2 Å². The van der Waals surface area contributed by atoms with Crippen molar-refractivity contribution in [2.75, 3.05) is 0 Å². The van der Waals surface area contributed by atoms with Crippen molar-refractivity contribution in [3.63, 3.8) is 0 Å². The molecule has 4 N–H and O–H groups in total. The predicted molar refractivity (Wildman–Crippen MR) is 121 cm³/mol. The lowest BCUT2D eigenvalue weighted by Crippen LogP contribution is -2.47. The largest absolute Gasteiger partial charge is 0.388 e. The van der Waals surface area contributed by atoms with Gasteiger partial charge in [-0.25, -0.2) is 4.79 Å². The monoisotopic (exact) mass is 492 g/mol. The minimum absolute atomic E-state index is 0.000795. The van der Waals surface area contributed by atoms with Gasteiger partial charge in [-0.2, -0.15) is 0 Å². The number of hydrogen-bond donors (Lipinski definition) is 4. The molecule has 1 aromatic heterocycles. The summed E-state index contributed by atoms with van der Waals surface area (Å²) in [6.07, 6.45) is -3.69. The van der Waals surface area contributed by atoms with Crippen molar-refractivity contribution in [1.29, 1.82) is 0 Å². The molecular weight excluding hydrogens is 455 g/mol. The first kappa shape index (κ1) is 27.9. The third kappa shape index (κ3) is 4.77. The van der Waals surface area contributed by atoms with E-state index in [1.54, 1.807) is 34.6 Å². The maximum absolute atomic E-state index is 13.0. The minimum atomic E-state index is -4.52. The van der Waals surface area contributed by atoms with E-state index < -0.39 is 60.1 Å². The van der Waals surface area contributed by atoms with Gasteiger partial charge in [0.25, 0.3) is 5.56 Å². The Morgan fingerprint density at radius 3 is 2.18 bits per heavy atom. The van der Waals surface area contributed by atoms with E-state index >= 15 is 0 Å². The number of rotatable bonds is 9. The van der Waals surface area contributed by atoms with Crippen LogP contribution in [0.1, 0.15) is 65.5 Å². The SMILES string of the molecule is CCC(C)(OP(=O)(O)C(O)(CC)CC)C(C)[C@H]1O[C@@H](c2cn(C)c(=O)n(C)c2=O)[C@H](O)[C@@H]1O. The van der Waals surface area contributed by atoms with Crippen molar-refractivity contribution in [1.82, 2.24) is 9.13 Å². The number of aromatic nitrogens is 2. The van der Waals surface area contributed by atoms with Crippen molar-refractivity contribution in [3.8, 4) is 0 Å². The molecule has 0 bridgehead atoms. The van der Waals surface area contributed by atoms with E-state index in [2.05, 4.69) is 0 Å². The zero-order chi connectivity index (χ0) is 25.5. The summed E-state index contributed by atoms with van der Waals surface area (Å²) in [4.78, 5) is 35.2. The average Bonchev–Trinajstić information content (AvgIpc) is 3.07. The van der Waals surface area contributed by atoms with Crippen molar-refractivity contribution < 1.29 is 34.0 Å². The lowest BCUT2D eigenvalue weighted by molar-refractivity contribution is -0.0963. The Labute approximate surface area is 193 Å². The standard InChI is InChI=1S/C21H37N2O9P/c1-8-20(5,32-33(29,30)21(28,9-2)10-3)12(4)16-14(24)15(25)17(31-16)13-11-22(6)19(27)23(7)18(13)26/h11-12,14-17,24-25,28H,8-10H2,1-7H3,(H,29,30)/t12?,14-,15+,16+,17-,20?/m0/s1. The number of hydrogen-bond acceptors (Lipinski definition) is 8. The molecule has 190 valence electrons. The van der Waals surface area contributed by atoms with Gasteiger partial charge in [-0.05, 0) is 26.2 Å². The zero-order valence-corrected chi connectivity index (χ0v) is 21.2. The molecular formula is C21H37N2O9P. The summed E-state index contributed by atoms with van der Waals surface area (Å²) in [6.45, 7) is 8.11. The second-order valence-corrected chi connectivity index (χ2v) is 11.2. The van der Waals surface area contributed by atoms with Gasteiger partial charge in [0.05, 0.1) is 17.3 Å². The molecule has 1 aromatic rings. The van der Waals surface area contributed by atoms with Gasteiger partial charge in [-0.3, -0.25) is 18.5 Å². The Morgan fingerprint density at radius 2 is 1.70 bits per heavy atom. The van der Waals surface area contributed by atoms with E-state index in [9.17, 15) is 34.4 Å². The lowest BCUT2D eigenvalue weighted by atomic mass is 9.82. The van der Waals surface area contributed by atoms with Crippen LogP contribution in [0.2, 0.25) is 0 Å². The van der Waals surface area contributed by atoms with Gasteiger partial charge >= 0.3 is 13.3 Å². The molecule has 1 fully saturated rings. The molecule has 0 radical (unpaired) electrons. The minimum Gasteiger partial charge on any atom is -0.388 e. The summed E-state index contributed by atoms with van der Waals surface area (Å²) >= 11 is 0. The highest BCUT2D eigenvalue weighted by Gasteiger charge is 2.55. The molecule has 3 unspecified atom stereocenters. The number of ether oxygens (including phenoxy) is 1. The molecule has 7 atom stereocenters. The predicted octanol–water partition coefficient (Wildman–Crippen LogP) is 0.761. The summed E-state index contributed by atoms with van der Waals surface area (Å²) in [5.41, 5.74) is -2.53. The molecule has 2 rings (SSSR count). The fraction of sp³-hybridized carbons (Fsp3) is 0.810. The first-order valence-corrected chi connectivity index (χ1v) is 12.7. The smallest absolute Gasteiger partial charge is 0.359 e. The molecule has 33 heavy (non-hydrogen) atoms. The van der Waals surface area contributed by atoms with E-state index in [-0.39, 0.29) is 24.8 Å². The highest BCUT2D eigenvalue weighted by Crippen LogP contribution is 2.61. The van der Waals surface area contributed by atoms with Crippen LogP contribution in [0.4, 0.5) is 0 Å². The van der Waals surface area contributed by atoms with Crippen molar-refractivity contribution in [2.24, 2.45) is 20.0 Å². The van der Waals surface area contributed by atoms with Crippen LogP contribution >= 0.6 is 7.60 Å². The Kier molecular flexibility index (Phi) is 8.23. The van der Waals surface area contributed by atoms with E-state index in [1.165, 1.54) is 24.9 Å². The molecule has 0 saturated carbocycles. The first-order chi connectivity index (χ1) is 15.1. The second kappa shape index (κ2) is 9.73. The Hall–Kier alpha value is -1.33. The molecule has 0 aliphatic carbocycles. The topological polar surface area (TPSA) is 160 Å². The van der Waals surface area contributed by atoms with Crippen LogP contribution in [0.5, 0.6) is 0 Å². The second-order valence-electron chi connectivity index (χ2n) is 9.10. The Morgan fingerprint density at radius 1 is 1.15 bits per heavy atom. The number of aliphatic hydroxyl groups is 3. The lowest BCUT2D eigenvalue weighted by Gasteiger charge is -2.42.